The fourth-order valence-corrected chi connectivity index (χ4v) is 3.27. The van der Waals surface area contributed by atoms with Crippen LogP contribution in [0.5, 0.6) is 0 Å². The highest BCUT2D eigenvalue weighted by Crippen LogP contribution is 2.14. The third kappa shape index (κ3) is 13.3. The monoisotopic (exact) mass is 456 g/mol. The van der Waals surface area contributed by atoms with E-state index in [-0.39, 0.29) is 35.9 Å². The van der Waals surface area contributed by atoms with Crippen LogP contribution >= 0.6 is 0 Å². The summed E-state index contributed by atoms with van der Waals surface area (Å²) in [6, 6.07) is 0. The molecule has 32 heavy (non-hydrogen) atoms. The van der Waals surface area contributed by atoms with Crippen LogP contribution in [-0.2, 0) is 38.1 Å². The zero-order chi connectivity index (χ0) is 23.9. The zero-order valence-electron chi connectivity index (χ0n) is 20.1. The van der Waals surface area contributed by atoms with Crippen molar-refractivity contribution in [1.29, 1.82) is 0 Å². The molecule has 8 heteroatoms. The van der Waals surface area contributed by atoms with Crippen molar-refractivity contribution < 1.29 is 38.1 Å². The number of rotatable bonds is 0. The summed E-state index contributed by atoms with van der Waals surface area (Å²) in [7, 11) is 0. The Labute approximate surface area is 191 Å². The van der Waals surface area contributed by atoms with Crippen molar-refractivity contribution in [2.45, 2.75) is 91.6 Å². The number of esters is 4. The number of carbonyl (C=O) groups excluding carboxylic acids is 4. The summed E-state index contributed by atoms with van der Waals surface area (Å²) in [6.07, 6.45) is 8.10. The Balaban J connectivity index is 0.000000213. The molecule has 4 saturated heterocycles. The molecule has 0 aromatic rings. The lowest BCUT2D eigenvalue weighted by atomic mass is 10.0. The van der Waals surface area contributed by atoms with Crippen molar-refractivity contribution in [2.24, 2.45) is 17.8 Å². The highest BCUT2D eigenvalue weighted by Gasteiger charge is 2.18. The summed E-state index contributed by atoms with van der Waals surface area (Å²) < 4.78 is 19.1. The Morgan fingerprint density at radius 3 is 1.78 bits per heavy atom. The van der Waals surface area contributed by atoms with Gasteiger partial charge in [-0.3, -0.25) is 19.2 Å². The zero-order valence-corrected chi connectivity index (χ0v) is 20.1. The molecular weight excluding hydrogens is 416 g/mol. The summed E-state index contributed by atoms with van der Waals surface area (Å²) in [4.78, 5) is 41.9. The summed E-state index contributed by atoms with van der Waals surface area (Å²) in [5, 5.41) is 0. The number of hydrogen-bond acceptors (Lipinski definition) is 8. The fraction of sp³-hybridized carbons (Fsp3) is 0.833. The number of hydrogen-bond donors (Lipinski definition) is 0. The first-order chi connectivity index (χ1) is 15.2. The average Bonchev–Trinajstić information content (AvgIpc) is 2.73. The molecule has 184 valence electrons. The Morgan fingerprint density at radius 2 is 1.41 bits per heavy atom. The first-order valence-electron chi connectivity index (χ1n) is 11.8. The topological polar surface area (TPSA) is 105 Å². The molecule has 0 radical (unpaired) electrons. The normalized spacial score (nSPS) is 29.6. The van der Waals surface area contributed by atoms with Crippen LogP contribution in [0.4, 0.5) is 0 Å². The molecule has 4 atom stereocenters. The minimum Gasteiger partial charge on any atom is -0.466 e. The van der Waals surface area contributed by atoms with Crippen molar-refractivity contribution in [1.82, 2.24) is 0 Å². The Bertz CT molecular complexity index is 567. The molecule has 4 heterocycles. The molecule has 4 aliphatic heterocycles. The van der Waals surface area contributed by atoms with Gasteiger partial charge in [0.2, 0.25) is 0 Å². The van der Waals surface area contributed by atoms with E-state index < -0.39 is 0 Å². The van der Waals surface area contributed by atoms with Gasteiger partial charge in [-0.1, -0.05) is 20.8 Å². The van der Waals surface area contributed by atoms with E-state index in [1.165, 1.54) is 0 Å². The van der Waals surface area contributed by atoms with E-state index in [2.05, 4.69) is 13.8 Å². The third-order valence-electron chi connectivity index (χ3n) is 5.51. The SMILES string of the molecule is CC1CCC(=O)OC1.CC1CCCC(=O)O1.CC1CCCOC1=O.CC1CCOC(=O)C1. The van der Waals surface area contributed by atoms with E-state index in [4.69, 9.17) is 18.9 Å². The van der Waals surface area contributed by atoms with Crippen LogP contribution in [0.1, 0.15) is 85.5 Å². The van der Waals surface area contributed by atoms with Crippen molar-refractivity contribution in [3.05, 3.63) is 0 Å². The molecule has 4 unspecified atom stereocenters. The smallest absolute Gasteiger partial charge is 0.308 e. The van der Waals surface area contributed by atoms with Crippen molar-refractivity contribution in [3.63, 3.8) is 0 Å². The van der Waals surface area contributed by atoms with E-state index in [1.807, 2.05) is 13.8 Å². The molecule has 0 amide bonds. The molecule has 4 aliphatic rings. The molecule has 4 fully saturated rings. The first kappa shape index (κ1) is 27.9. The van der Waals surface area contributed by atoms with Crippen molar-refractivity contribution in [3.8, 4) is 0 Å². The molecule has 0 aromatic heterocycles. The summed E-state index contributed by atoms with van der Waals surface area (Å²) >= 11 is 0. The van der Waals surface area contributed by atoms with Crippen LogP contribution < -0.4 is 0 Å². The molecule has 0 bridgehead atoms. The van der Waals surface area contributed by atoms with E-state index in [9.17, 15) is 19.2 Å². The largest absolute Gasteiger partial charge is 0.466 e. The quantitative estimate of drug-likeness (QED) is 0.398. The molecule has 0 saturated carbocycles. The number of carbonyl (C=O) groups is 4. The van der Waals surface area contributed by atoms with Crippen LogP contribution in [0.3, 0.4) is 0 Å². The predicted molar refractivity (Wildman–Crippen MR) is 117 cm³/mol. The van der Waals surface area contributed by atoms with Gasteiger partial charge in [0.1, 0.15) is 0 Å². The maximum atomic E-state index is 10.6. The molecule has 0 spiro atoms. The van der Waals surface area contributed by atoms with E-state index in [0.717, 1.165) is 38.5 Å². The first-order valence-corrected chi connectivity index (χ1v) is 11.8. The van der Waals surface area contributed by atoms with E-state index >= 15 is 0 Å². The van der Waals surface area contributed by atoms with Gasteiger partial charge in [0.05, 0.1) is 31.8 Å². The lowest BCUT2D eigenvalue weighted by Gasteiger charge is -2.17. The maximum absolute atomic E-state index is 10.6. The second-order valence-electron chi connectivity index (χ2n) is 9.05. The Hall–Kier alpha value is -2.12. The highest BCUT2D eigenvalue weighted by atomic mass is 16.5. The molecule has 4 rings (SSSR count). The summed E-state index contributed by atoms with van der Waals surface area (Å²) in [6.45, 7) is 9.87. The standard InChI is InChI=1S/4C6H10O2/c1-5-2-3-8-6(7)4-5;1-5-2-3-6(7)8-4-5;1-5-3-2-4-8-6(5)7;1-5-3-2-4-6(7)8-5/h4*5H,2-4H2,1H3. The lowest BCUT2D eigenvalue weighted by molar-refractivity contribution is -0.153. The Kier molecular flexibility index (Phi) is 13.6. The highest BCUT2D eigenvalue weighted by molar-refractivity contribution is 5.72. The fourth-order valence-electron chi connectivity index (χ4n) is 3.27. The molecule has 8 nitrogen and oxygen atoms in total. The number of ether oxygens (including phenoxy) is 4. The van der Waals surface area contributed by atoms with Gasteiger partial charge in [-0.05, 0) is 57.3 Å². The average molecular weight is 457 g/mol. The van der Waals surface area contributed by atoms with Gasteiger partial charge in [-0.2, -0.15) is 0 Å². The second-order valence-corrected chi connectivity index (χ2v) is 9.05. The van der Waals surface area contributed by atoms with Gasteiger partial charge in [0, 0.05) is 19.3 Å². The van der Waals surface area contributed by atoms with Gasteiger partial charge in [-0.15, -0.1) is 0 Å². The van der Waals surface area contributed by atoms with Crippen molar-refractivity contribution >= 4 is 23.9 Å². The van der Waals surface area contributed by atoms with Crippen LogP contribution in [0.25, 0.3) is 0 Å². The number of cyclic esters (lactones) is 4. The lowest BCUT2D eigenvalue weighted by Crippen LogP contribution is -2.20. The molecule has 0 aliphatic carbocycles. The van der Waals surface area contributed by atoms with E-state index in [1.54, 1.807) is 0 Å². The predicted octanol–water partition coefficient (Wildman–Crippen LogP) is 3.98. The maximum Gasteiger partial charge on any atom is 0.308 e. The molecular formula is C24H40O8. The minimum absolute atomic E-state index is 0.0312. The van der Waals surface area contributed by atoms with Gasteiger partial charge in [0.15, 0.2) is 0 Å². The van der Waals surface area contributed by atoms with Crippen LogP contribution in [0.2, 0.25) is 0 Å². The van der Waals surface area contributed by atoms with Gasteiger partial charge >= 0.3 is 23.9 Å². The van der Waals surface area contributed by atoms with Crippen LogP contribution in [0.15, 0.2) is 0 Å². The van der Waals surface area contributed by atoms with Gasteiger partial charge < -0.3 is 18.9 Å². The summed E-state index contributed by atoms with van der Waals surface area (Å²) in [5.41, 5.74) is 0. The molecule has 0 N–H and O–H groups in total. The van der Waals surface area contributed by atoms with Crippen molar-refractivity contribution in [2.75, 3.05) is 19.8 Å². The minimum atomic E-state index is -0.0388. The second kappa shape index (κ2) is 15.6. The summed E-state index contributed by atoms with van der Waals surface area (Å²) in [5.74, 6) is 1.11. The van der Waals surface area contributed by atoms with Gasteiger partial charge in [0.25, 0.3) is 0 Å². The third-order valence-corrected chi connectivity index (χ3v) is 5.51. The molecule has 0 aromatic carbocycles. The van der Waals surface area contributed by atoms with E-state index in [0.29, 0.717) is 50.9 Å². The van der Waals surface area contributed by atoms with Crippen LogP contribution in [0, 0.1) is 17.8 Å². The van der Waals surface area contributed by atoms with Gasteiger partial charge in [-0.25, -0.2) is 0 Å². The Morgan fingerprint density at radius 1 is 0.656 bits per heavy atom. The van der Waals surface area contributed by atoms with Crippen LogP contribution in [-0.4, -0.2) is 49.8 Å².